The molecule has 1 N–H and O–H groups in total. The number of carbonyl (C=O) groups excluding carboxylic acids is 1. The molecule has 0 radical (unpaired) electrons. The van der Waals surface area contributed by atoms with Crippen LogP contribution in [0, 0.1) is 0 Å². The van der Waals surface area contributed by atoms with Gasteiger partial charge in [0.05, 0.1) is 12.7 Å². The Balaban J connectivity index is 2.06. The van der Waals surface area contributed by atoms with Crippen LogP contribution in [0.3, 0.4) is 0 Å². The molecule has 0 aromatic carbocycles. The van der Waals surface area contributed by atoms with Crippen molar-refractivity contribution in [2.45, 2.75) is 19.9 Å². The van der Waals surface area contributed by atoms with Gasteiger partial charge < -0.3 is 9.84 Å². The van der Waals surface area contributed by atoms with Gasteiger partial charge in [-0.1, -0.05) is 23.7 Å². The van der Waals surface area contributed by atoms with Crippen LogP contribution in [-0.2, 0) is 13.0 Å². The molecule has 0 aliphatic rings. The molecule has 0 atom stereocenters. The summed E-state index contributed by atoms with van der Waals surface area (Å²) >= 11 is 5.85. The molecule has 0 aliphatic heterocycles. The number of aryl methyl sites for hydroxylation is 1. The van der Waals surface area contributed by atoms with Crippen LogP contribution in [0.25, 0.3) is 0 Å². The Hall–Kier alpha value is -1.88. The molecule has 0 saturated heterocycles. The maximum atomic E-state index is 11.9. The Bertz CT molecular complexity index is 540. The quantitative estimate of drug-likeness (QED) is 0.861. The van der Waals surface area contributed by atoms with E-state index < -0.39 is 0 Å². The fourth-order valence-corrected chi connectivity index (χ4v) is 1.69. The molecule has 0 spiro atoms. The predicted octanol–water partition coefficient (Wildman–Crippen LogP) is 2.22. The van der Waals surface area contributed by atoms with Crippen molar-refractivity contribution in [3.05, 3.63) is 46.6 Å². The summed E-state index contributed by atoms with van der Waals surface area (Å²) in [4.78, 5) is 16.0. The second-order valence-corrected chi connectivity index (χ2v) is 4.07. The minimum absolute atomic E-state index is 0.217. The minimum Gasteiger partial charge on any atom is -0.360 e. The van der Waals surface area contributed by atoms with Gasteiger partial charge in [-0.25, -0.2) is 4.98 Å². The molecule has 2 heterocycles. The van der Waals surface area contributed by atoms with Gasteiger partial charge in [0.25, 0.3) is 5.91 Å². The molecule has 0 saturated carbocycles. The third-order valence-corrected chi connectivity index (χ3v) is 2.58. The number of hydrogen-bond acceptors (Lipinski definition) is 4. The molecular formula is C12H12ClN3O2. The van der Waals surface area contributed by atoms with Crippen LogP contribution in [-0.4, -0.2) is 16.0 Å². The van der Waals surface area contributed by atoms with Crippen LogP contribution in [0.4, 0.5) is 0 Å². The van der Waals surface area contributed by atoms with Crippen molar-refractivity contribution in [1.29, 1.82) is 0 Å². The van der Waals surface area contributed by atoms with Crippen LogP contribution < -0.4 is 5.32 Å². The van der Waals surface area contributed by atoms with E-state index in [0.717, 1.165) is 12.1 Å². The van der Waals surface area contributed by atoms with Gasteiger partial charge >= 0.3 is 0 Å². The Kier molecular flexibility index (Phi) is 3.94. The average Bonchev–Trinajstić information content (AvgIpc) is 2.88. The molecule has 94 valence electrons. The lowest BCUT2D eigenvalue weighted by atomic mass is 10.2. The monoisotopic (exact) mass is 265 g/mol. The van der Waals surface area contributed by atoms with E-state index in [4.69, 9.17) is 16.1 Å². The fraction of sp³-hybridized carbons (Fsp3) is 0.250. The number of aromatic nitrogens is 2. The Morgan fingerprint density at radius 2 is 2.33 bits per heavy atom. The van der Waals surface area contributed by atoms with E-state index in [1.165, 1.54) is 12.3 Å². The Morgan fingerprint density at radius 3 is 3.00 bits per heavy atom. The lowest BCUT2D eigenvalue weighted by molar-refractivity contribution is 0.0947. The molecular weight excluding hydrogens is 254 g/mol. The zero-order valence-electron chi connectivity index (χ0n) is 9.81. The minimum atomic E-state index is -0.217. The van der Waals surface area contributed by atoms with Crippen LogP contribution >= 0.6 is 11.6 Å². The third-order valence-electron chi connectivity index (χ3n) is 2.39. The summed E-state index contributed by atoms with van der Waals surface area (Å²) in [7, 11) is 0. The van der Waals surface area contributed by atoms with Crippen molar-refractivity contribution < 1.29 is 9.32 Å². The van der Waals surface area contributed by atoms with E-state index in [1.807, 2.05) is 6.92 Å². The van der Waals surface area contributed by atoms with Gasteiger partial charge in [-0.3, -0.25) is 4.79 Å². The zero-order valence-corrected chi connectivity index (χ0v) is 10.6. The molecule has 2 aromatic heterocycles. The van der Waals surface area contributed by atoms with Gasteiger partial charge in [0, 0.05) is 17.3 Å². The third kappa shape index (κ3) is 3.07. The standard InChI is InChI=1S/C12H12ClN3O2/c1-2-9-5-8(6-11(13)16-9)12(17)14-7-10-3-4-15-18-10/h3-6H,2,7H2,1H3,(H,14,17). The molecule has 2 aromatic rings. The Labute approximate surface area is 109 Å². The van der Waals surface area contributed by atoms with Crippen molar-refractivity contribution in [2.75, 3.05) is 0 Å². The van der Waals surface area contributed by atoms with Crippen LogP contribution in [0.5, 0.6) is 0 Å². The summed E-state index contributed by atoms with van der Waals surface area (Å²) in [5.41, 5.74) is 1.28. The highest BCUT2D eigenvalue weighted by atomic mass is 35.5. The highest BCUT2D eigenvalue weighted by Gasteiger charge is 2.09. The van der Waals surface area contributed by atoms with Crippen LogP contribution in [0.1, 0.15) is 28.7 Å². The number of nitrogens with one attached hydrogen (secondary N) is 1. The summed E-state index contributed by atoms with van der Waals surface area (Å²) in [5, 5.41) is 6.60. The van der Waals surface area contributed by atoms with E-state index in [1.54, 1.807) is 12.1 Å². The zero-order chi connectivity index (χ0) is 13.0. The van der Waals surface area contributed by atoms with Crippen LogP contribution in [0.15, 0.2) is 28.9 Å². The second-order valence-electron chi connectivity index (χ2n) is 3.68. The summed E-state index contributed by atoms with van der Waals surface area (Å²) in [6.07, 6.45) is 2.25. The first-order chi connectivity index (χ1) is 8.69. The Morgan fingerprint density at radius 1 is 1.50 bits per heavy atom. The molecule has 0 fully saturated rings. The molecule has 5 nitrogen and oxygen atoms in total. The number of halogens is 1. The fourth-order valence-electron chi connectivity index (χ4n) is 1.47. The van der Waals surface area contributed by atoms with Gasteiger partial charge in [0.2, 0.25) is 0 Å². The normalized spacial score (nSPS) is 10.3. The van der Waals surface area contributed by atoms with E-state index >= 15 is 0 Å². The molecule has 0 unspecified atom stereocenters. The number of hydrogen-bond donors (Lipinski definition) is 1. The summed E-state index contributed by atoms with van der Waals surface area (Å²) in [6.45, 7) is 2.25. The SMILES string of the molecule is CCc1cc(C(=O)NCc2ccno2)cc(Cl)n1. The van der Waals surface area contributed by atoms with Gasteiger partial charge in [-0.15, -0.1) is 0 Å². The van der Waals surface area contributed by atoms with E-state index in [0.29, 0.717) is 23.0 Å². The van der Waals surface area contributed by atoms with Gasteiger partial charge in [0.15, 0.2) is 5.76 Å². The molecule has 0 aliphatic carbocycles. The first kappa shape index (κ1) is 12.6. The summed E-state index contributed by atoms with van der Waals surface area (Å²) in [5.74, 6) is 0.379. The average molecular weight is 266 g/mol. The van der Waals surface area contributed by atoms with Gasteiger partial charge in [-0.05, 0) is 18.6 Å². The molecule has 18 heavy (non-hydrogen) atoms. The van der Waals surface area contributed by atoms with E-state index in [2.05, 4.69) is 15.5 Å². The molecule has 2 rings (SSSR count). The first-order valence-corrected chi connectivity index (χ1v) is 5.91. The molecule has 0 bridgehead atoms. The highest BCUT2D eigenvalue weighted by molar-refractivity contribution is 6.29. The van der Waals surface area contributed by atoms with E-state index in [9.17, 15) is 4.79 Å². The number of amides is 1. The number of carbonyl (C=O) groups is 1. The predicted molar refractivity (Wildman–Crippen MR) is 66.3 cm³/mol. The maximum absolute atomic E-state index is 11.9. The molecule has 1 amide bonds. The summed E-state index contributed by atoms with van der Waals surface area (Å²) in [6, 6.07) is 4.95. The van der Waals surface area contributed by atoms with Crippen molar-refractivity contribution in [3.63, 3.8) is 0 Å². The maximum Gasteiger partial charge on any atom is 0.251 e. The second kappa shape index (κ2) is 5.64. The lowest BCUT2D eigenvalue weighted by Crippen LogP contribution is -2.22. The topological polar surface area (TPSA) is 68.0 Å². The highest BCUT2D eigenvalue weighted by Crippen LogP contribution is 2.11. The summed E-state index contributed by atoms with van der Waals surface area (Å²) < 4.78 is 4.89. The van der Waals surface area contributed by atoms with E-state index in [-0.39, 0.29) is 5.91 Å². The van der Waals surface area contributed by atoms with Crippen LogP contribution in [0.2, 0.25) is 5.15 Å². The van der Waals surface area contributed by atoms with Crippen molar-refractivity contribution in [3.8, 4) is 0 Å². The number of pyridine rings is 1. The largest absolute Gasteiger partial charge is 0.360 e. The lowest BCUT2D eigenvalue weighted by Gasteiger charge is -2.05. The van der Waals surface area contributed by atoms with Crippen molar-refractivity contribution in [1.82, 2.24) is 15.5 Å². The smallest absolute Gasteiger partial charge is 0.251 e. The van der Waals surface area contributed by atoms with Crippen molar-refractivity contribution in [2.24, 2.45) is 0 Å². The number of rotatable bonds is 4. The first-order valence-electron chi connectivity index (χ1n) is 5.53. The van der Waals surface area contributed by atoms with Crippen molar-refractivity contribution >= 4 is 17.5 Å². The van der Waals surface area contributed by atoms with Gasteiger partial charge in [0.1, 0.15) is 5.15 Å². The molecule has 6 heteroatoms. The number of nitrogens with zero attached hydrogens (tertiary/aromatic N) is 2. The van der Waals surface area contributed by atoms with Gasteiger partial charge in [-0.2, -0.15) is 0 Å².